The van der Waals surface area contributed by atoms with E-state index in [1.165, 1.54) is 12.1 Å². The summed E-state index contributed by atoms with van der Waals surface area (Å²) in [6, 6.07) is 16.4. The molecule has 0 fully saturated rings. The number of aliphatic imine (C=N–C) groups is 1. The highest BCUT2D eigenvalue weighted by Crippen LogP contribution is 2.13. The van der Waals surface area contributed by atoms with Crippen molar-refractivity contribution in [3.63, 3.8) is 0 Å². The molecule has 28 heavy (non-hydrogen) atoms. The number of rotatable bonds is 10. The smallest absolute Gasteiger partial charge is 0.269 e. The van der Waals surface area contributed by atoms with E-state index in [-0.39, 0.29) is 18.3 Å². The Morgan fingerprint density at radius 2 is 1.89 bits per heavy atom. The van der Waals surface area contributed by atoms with Crippen molar-refractivity contribution in [3.8, 4) is 0 Å². The zero-order valence-electron chi connectivity index (χ0n) is 15.9. The van der Waals surface area contributed by atoms with E-state index in [1.807, 2.05) is 37.3 Å². The molecule has 150 valence electrons. The van der Waals surface area contributed by atoms with Crippen molar-refractivity contribution in [2.45, 2.75) is 19.5 Å². The van der Waals surface area contributed by atoms with Crippen LogP contribution in [0.4, 0.5) is 5.69 Å². The third kappa shape index (κ3) is 7.34. The number of non-ortho nitro benzene ring substituents is 1. The van der Waals surface area contributed by atoms with Gasteiger partial charge in [0.15, 0.2) is 5.96 Å². The van der Waals surface area contributed by atoms with Crippen LogP contribution in [0.15, 0.2) is 59.6 Å². The number of benzene rings is 2. The molecule has 0 aliphatic heterocycles. The zero-order chi connectivity index (χ0) is 20.2. The van der Waals surface area contributed by atoms with E-state index in [1.54, 1.807) is 12.1 Å². The zero-order valence-corrected chi connectivity index (χ0v) is 15.9. The number of aliphatic hydroxyl groups excluding tert-OH is 1. The van der Waals surface area contributed by atoms with E-state index >= 15 is 0 Å². The Hall–Kier alpha value is -2.97. The maximum Gasteiger partial charge on any atom is 0.269 e. The normalized spacial score (nSPS) is 12.4. The number of ether oxygens (including phenoxy) is 1. The van der Waals surface area contributed by atoms with Gasteiger partial charge in [-0.25, -0.2) is 4.99 Å². The first-order valence-corrected chi connectivity index (χ1v) is 9.12. The molecular weight excluding hydrogens is 360 g/mol. The fourth-order valence-electron chi connectivity index (χ4n) is 2.48. The van der Waals surface area contributed by atoms with E-state index in [0.29, 0.717) is 32.3 Å². The van der Waals surface area contributed by atoms with Gasteiger partial charge in [0.25, 0.3) is 5.69 Å². The third-order valence-corrected chi connectivity index (χ3v) is 3.99. The summed E-state index contributed by atoms with van der Waals surface area (Å²) in [5, 5.41) is 26.1. The Morgan fingerprint density at radius 3 is 2.54 bits per heavy atom. The van der Waals surface area contributed by atoms with E-state index in [9.17, 15) is 10.1 Å². The van der Waals surface area contributed by atoms with E-state index in [2.05, 4.69) is 15.6 Å². The lowest BCUT2D eigenvalue weighted by molar-refractivity contribution is -0.384. The fraction of sp³-hybridized carbons (Fsp3) is 0.350. The number of guanidine groups is 1. The minimum atomic E-state index is -0.421. The highest BCUT2D eigenvalue weighted by Gasteiger charge is 2.08. The quantitative estimate of drug-likeness (QED) is 0.190. The molecule has 0 saturated heterocycles. The molecule has 2 aromatic rings. The summed E-state index contributed by atoms with van der Waals surface area (Å²) in [5.41, 5.74) is 2.06. The Morgan fingerprint density at radius 1 is 1.18 bits per heavy atom. The van der Waals surface area contributed by atoms with Crippen molar-refractivity contribution in [1.82, 2.24) is 10.6 Å². The molecule has 8 heteroatoms. The molecule has 8 nitrogen and oxygen atoms in total. The summed E-state index contributed by atoms with van der Waals surface area (Å²) >= 11 is 0. The van der Waals surface area contributed by atoms with Gasteiger partial charge in [0.2, 0.25) is 0 Å². The lowest BCUT2D eigenvalue weighted by Crippen LogP contribution is -2.40. The van der Waals surface area contributed by atoms with Gasteiger partial charge in [0.1, 0.15) is 0 Å². The number of nitrogens with zero attached hydrogens (tertiary/aromatic N) is 2. The minimum absolute atomic E-state index is 0.00954. The van der Waals surface area contributed by atoms with Crippen molar-refractivity contribution in [2.75, 3.05) is 26.4 Å². The van der Waals surface area contributed by atoms with Crippen molar-refractivity contribution in [3.05, 3.63) is 75.8 Å². The Bertz CT molecular complexity index is 751. The van der Waals surface area contributed by atoms with Crippen molar-refractivity contribution < 1.29 is 14.8 Å². The summed E-state index contributed by atoms with van der Waals surface area (Å²) in [6.45, 7) is 3.69. The van der Waals surface area contributed by atoms with Crippen molar-refractivity contribution in [1.29, 1.82) is 0 Å². The van der Waals surface area contributed by atoms with Crippen LogP contribution in [0.1, 0.15) is 24.1 Å². The number of nitro groups is 1. The molecule has 3 N–H and O–H groups in total. The van der Waals surface area contributed by atoms with Gasteiger partial charge in [0, 0.05) is 18.7 Å². The van der Waals surface area contributed by atoms with Gasteiger partial charge in [-0.1, -0.05) is 42.5 Å². The molecule has 0 amide bonds. The number of hydrogen-bond acceptors (Lipinski definition) is 5. The summed E-state index contributed by atoms with van der Waals surface area (Å²) in [6.07, 6.45) is 0. The summed E-state index contributed by atoms with van der Waals surface area (Å²) in [7, 11) is 0. The average Bonchev–Trinajstić information content (AvgIpc) is 2.72. The summed E-state index contributed by atoms with van der Waals surface area (Å²) < 4.78 is 5.26. The number of nitro benzene ring substituents is 1. The standard InChI is InChI=1S/C20H26N4O4/c1-16(18-5-3-2-4-6-18)23-20(21-11-13-28-14-12-25)22-15-17-7-9-19(10-8-17)24(26)27/h2-10,16,25H,11-15H2,1H3,(H2,21,22,23). The second-order valence-corrected chi connectivity index (χ2v) is 6.13. The van der Waals surface area contributed by atoms with Crippen LogP contribution >= 0.6 is 0 Å². The van der Waals surface area contributed by atoms with E-state index < -0.39 is 4.92 Å². The fourth-order valence-corrected chi connectivity index (χ4v) is 2.48. The average molecular weight is 386 g/mol. The van der Waals surface area contributed by atoms with Gasteiger partial charge in [-0.2, -0.15) is 0 Å². The second-order valence-electron chi connectivity index (χ2n) is 6.13. The van der Waals surface area contributed by atoms with Crippen LogP contribution < -0.4 is 10.6 Å². The molecule has 0 aliphatic rings. The molecular formula is C20H26N4O4. The second kappa shape index (κ2) is 11.7. The van der Waals surface area contributed by atoms with Crippen LogP contribution in [0.25, 0.3) is 0 Å². The minimum Gasteiger partial charge on any atom is -0.394 e. The molecule has 0 bridgehead atoms. The monoisotopic (exact) mass is 386 g/mol. The van der Waals surface area contributed by atoms with Gasteiger partial charge in [-0.15, -0.1) is 0 Å². The maximum atomic E-state index is 10.8. The van der Waals surface area contributed by atoms with E-state index in [4.69, 9.17) is 9.84 Å². The topological polar surface area (TPSA) is 109 Å². The summed E-state index contributed by atoms with van der Waals surface area (Å²) in [5.74, 6) is 0.613. The molecule has 2 aromatic carbocycles. The van der Waals surface area contributed by atoms with Crippen LogP contribution in [0.5, 0.6) is 0 Å². The van der Waals surface area contributed by atoms with Crippen molar-refractivity contribution >= 4 is 11.6 Å². The first kappa shape index (κ1) is 21.3. The van der Waals surface area contributed by atoms with Crippen LogP contribution in [-0.4, -0.2) is 42.4 Å². The molecule has 0 heterocycles. The molecule has 0 saturated carbocycles. The number of aliphatic hydroxyl groups is 1. The highest BCUT2D eigenvalue weighted by atomic mass is 16.6. The van der Waals surface area contributed by atoms with Gasteiger partial charge in [-0.05, 0) is 18.1 Å². The third-order valence-electron chi connectivity index (χ3n) is 3.99. The molecule has 0 aliphatic carbocycles. The maximum absolute atomic E-state index is 10.8. The largest absolute Gasteiger partial charge is 0.394 e. The van der Waals surface area contributed by atoms with Crippen LogP contribution in [0.2, 0.25) is 0 Å². The Balaban J connectivity index is 2.01. The first-order chi connectivity index (χ1) is 13.6. The van der Waals surface area contributed by atoms with Crippen molar-refractivity contribution in [2.24, 2.45) is 4.99 Å². The molecule has 0 spiro atoms. The molecule has 1 unspecified atom stereocenters. The Kier molecular flexibility index (Phi) is 8.90. The van der Waals surface area contributed by atoms with Gasteiger partial charge < -0.3 is 20.5 Å². The molecule has 2 rings (SSSR count). The molecule has 1 atom stereocenters. The Labute approximate surface area is 164 Å². The highest BCUT2D eigenvalue weighted by molar-refractivity contribution is 5.80. The van der Waals surface area contributed by atoms with Gasteiger partial charge >= 0.3 is 0 Å². The van der Waals surface area contributed by atoms with Gasteiger partial charge in [0.05, 0.1) is 37.3 Å². The first-order valence-electron chi connectivity index (χ1n) is 9.12. The lowest BCUT2D eigenvalue weighted by Gasteiger charge is -2.19. The molecule has 0 aromatic heterocycles. The SMILES string of the molecule is CC(NC(=NCc1ccc([N+](=O)[O-])cc1)NCCOCCO)c1ccccc1. The number of nitrogens with one attached hydrogen (secondary N) is 2. The predicted molar refractivity (Wildman–Crippen MR) is 108 cm³/mol. The van der Waals surface area contributed by atoms with Gasteiger partial charge in [-0.3, -0.25) is 10.1 Å². The van der Waals surface area contributed by atoms with Crippen LogP contribution in [0, 0.1) is 10.1 Å². The predicted octanol–water partition coefficient (Wildman–Crippen LogP) is 2.40. The lowest BCUT2D eigenvalue weighted by atomic mass is 10.1. The molecule has 0 radical (unpaired) electrons. The van der Waals surface area contributed by atoms with Crippen LogP contribution in [-0.2, 0) is 11.3 Å². The summed E-state index contributed by atoms with van der Waals surface area (Å²) in [4.78, 5) is 14.9. The number of hydrogen-bond donors (Lipinski definition) is 3. The van der Waals surface area contributed by atoms with Crippen LogP contribution in [0.3, 0.4) is 0 Å². The van der Waals surface area contributed by atoms with E-state index in [0.717, 1.165) is 11.1 Å².